The normalized spacial score (nSPS) is 27.5. The second-order valence-corrected chi connectivity index (χ2v) is 8.77. The summed E-state index contributed by atoms with van der Waals surface area (Å²) in [5, 5.41) is 13.4. The van der Waals surface area contributed by atoms with Gasteiger partial charge in [0, 0.05) is 24.2 Å². The molecule has 1 saturated heterocycles. The van der Waals surface area contributed by atoms with E-state index in [1.807, 2.05) is 4.90 Å². The lowest BCUT2D eigenvalue weighted by atomic mass is 9.65. The van der Waals surface area contributed by atoms with Crippen molar-refractivity contribution in [2.75, 3.05) is 6.54 Å². The summed E-state index contributed by atoms with van der Waals surface area (Å²) < 4.78 is 5.37. The van der Waals surface area contributed by atoms with Gasteiger partial charge in [-0.3, -0.25) is 4.79 Å². The fraction of sp³-hybridized carbons (Fsp3) is 0.500. The Labute approximate surface area is 147 Å². The quantitative estimate of drug-likeness (QED) is 0.894. The van der Waals surface area contributed by atoms with Gasteiger partial charge in [-0.1, -0.05) is 25.9 Å². The maximum atomic E-state index is 13.0. The predicted molar refractivity (Wildman–Crippen MR) is 94.2 cm³/mol. The maximum Gasteiger partial charge on any atom is 0.276 e. The van der Waals surface area contributed by atoms with Gasteiger partial charge in [-0.25, -0.2) is 0 Å². The van der Waals surface area contributed by atoms with Crippen LogP contribution in [0.1, 0.15) is 50.5 Å². The van der Waals surface area contributed by atoms with Gasteiger partial charge in [0.05, 0.1) is 0 Å². The van der Waals surface area contributed by atoms with Crippen molar-refractivity contribution < 1.29 is 14.4 Å². The Morgan fingerprint density at radius 1 is 1.24 bits per heavy atom. The number of carbonyl (C=O) groups is 1. The minimum Gasteiger partial charge on any atom is -0.508 e. The van der Waals surface area contributed by atoms with Gasteiger partial charge in [0.15, 0.2) is 11.5 Å². The van der Waals surface area contributed by atoms with Gasteiger partial charge in [-0.15, -0.1) is 0 Å². The van der Waals surface area contributed by atoms with Crippen LogP contribution in [0.4, 0.5) is 0 Å². The van der Waals surface area contributed by atoms with Crippen LogP contribution in [0.25, 0.3) is 11.3 Å². The third-order valence-corrected chi connectivity index (χ3v) is 5.56. The fourth-order valence-corrected chi connectivity index (χ4v) is 4.98. The first-order valence-electron chi connectivity index (χ1n) is 8.82. The molecule has 2 atom stereocenters. The van der Waals surface area contributed by atoms with E-state index in [0.717, 1.165) is 31.4 Å². The van der Waals surface area contributed by atoms with Crippen LogP contribution in [0.15, 0.2) is 34.9 Å². The molecule has 25 heavy (non-hydrogen) atoms. The third kappa shape index (κ3) is 2.92. The summed E-state index contributed by atoms with van der Waals surface area (Å²) in [5.41, 5.74) is 1.62. The molecule has 0 radical (unpaired) electrons. The van der Waals surface area contributed by atoms with Crippen molar-refractivity contribution in [2.45, 2.75) is 46.1 Å². The van der Waals surface area contributed by atoms with Crippen LogP contribution in [0.3, 0.4) is 0 Å². The lowest BCUT2D eigenvalue weighted by molar-refractivity contribution is 0.0698. The molecule has 2 aromatic rings. The van der Waals surface area contributed by atoms with Crippen LogP contribution in [0.2, 0.25) is 0 Å². The molecule has 132 valence electrons. The monoisotopic (exact) mass is 340 g/mol. The molecule has 0 unspecified atom stereocenters. The van der Waals surface area contributed by atoms with Crippen molar-refractivity contribution in [2.24, 2.45) is 10.8 Å². The molecular weight excluding hydrogens is 316 g/mol. The molecular formula is C20H24N2O3. The number of likely N-dealkylation sites (tertiary alicyclic amines) is 1. The number of carbonyl (C=O) groups excluding carboxylic acids is 1. The van der Waals surface area contributed by atoms with Crippen LogP contribution in [-0.4, -0.2) is 33.7 Å². The minimum absolute atomic E-state index is 0.0415. The van der Waals surface area contributed by atoms with E-state index in [1.165, 1.54) is 0 Å². The number of benzene rings is 1. The average molecular weight is 340 g/mol. The Hall–Kier alpha value is -2.30. The Kier molecular flexibility index (Phi) is 3.46. The number of aromatic nitrogens is 1. The van der Waals surface area contributed by atoms with Crippen LogP contribution >= 0.6 is 0 Å². The summed E-state index contributed by atoms with van der Waals surface area (Å²) in [4.78, 5) is 15.0. The minimum atomic E-state index is -0.0415. The van der Waals surface area contributed by atoms with Gasteiger partial charge in [-0.2, -0.15) is 0 Å². The Morgan fingerprint density at radius 3 is 2.68 bits per heavy atom. The Morgan fingerprint density at radius 2 is 1.96 bits per heavy atom. The highest BCUT2D eigenvalue weighted by Gasteiger charge is 2.51. The van der Waals surface area contributed by atoms with Crippen LogP contribution in [-0.2, 0) is 0 Å². The number of amides is 1. The standard InChI is InChI=1S/C20H24N2O3/c1-19(2)9-14-10-20(3,11-19)12-22(14)18(24)16-8-17(25-21-16)13-4-6-15(23)7-5-13/h4-8,14,23H,9-12H2,1-3H3/t14-,20-/m0/s1. The fourth-order valence-electron chi connectivity index (χ4n) is 4.98. The molecule has 2 bridgehead atoms. The van der Waals surface area contributed by atoms with Crippen LogP contribution in [0, 0.1) is 10.8 Å². The molecule has 4 rings (SSSR count). The molecule has 2 heterocycles. The van der Waals surface area contributed by atoms with Crippen molar-refractivity contribution in [3.63, 3.8) is 0 Å². The van der Waals surface area contributed by atoms with E-state index in [4.69, 9.17) is 4.52 Å². The largest absolute Gasteiger partial charge is 0.508 e. The summed E-state index contributed by atoms with van der Waals surface area (Å²) in [6.07, 6.45) is 3.26. The number of phenolic OH excluding ortho intramolecular Hbond substituents is 1. The molecule has 2 aliphatic rings. The molecule has 1 N–H and O–H groups in total. The van der Waals surface area contributed by atoms with Gasteiger partial charge in [0.25, 0.3) is 5.91 Å². The first kappa shape index (κ1) is 16.2. The zero-order chi connectivity index (χ0) is 17.8. The number of fused-ring (bicyclic) bond motifs is 2. The smallest absolute Gasteiger partial charge is 0.276 e. The molecule has 1 aliphatic heterocycles. The molecule has 1 aromatic heterocycles. The van der Waals surface area contributed by atoms with Crippen molar-refractivity contribution in [3.05, 3.63) is 36.0 Å². The van der Waals surface area contributed by atoms with Gasteiger partial charge >= 0.3 is 0 Å². The van der Waals surface area contributed by atoms with Crippen LogP contribution < -0.4 is 0 Å². The van der Waals surface area contributed by atoms with Gasteiger partial charge in [0.2, 0.25) is 0 Å². The molecule has 1 aliphatic carbocycles. The summed E-state index contributed by atoms with van der Waals surface area (Å²) >= 11 is 0. The molecule has 5 heteroatoms. The van der Waals surface area contributed by atoms with Gasteiger partial charge in [-0.05, 0) is 54.4 Å². The number of phenols is 1. The van der Waals surface area contributed by atoms with Crippen molar-refractivity contribution in [1.29, 1.82) is 0 Å². The number of aromatic hydroxyl groups is 1. The van der Waals surface area contributed by atoms with Crippen molar-refractivity contribution in [1.82, 2.24) is 10.1 Å². The third-order valence-electron chi connectivity index (χ3n) is 5.56. The molecule has 5 nitrogen and oxygen atoms in total. The number of rotatable bonds is 2. The van der Waals surface area contributed by atoms with E-state index >= 15 is 0 Å². The highest BCUT2D eigenvalue weighted by atomic mass is 16.5. The maximum absolute atomic E-state index is 13.0. The van der Waals surface area contributed by atoms with E-state index in [-0.39, 0.29) is 28.5 Å². The first-order chi connectivity index (χ1) is 11.7. The van der Waals surface area contributed by atoms with Crippen molar-refractivity contribution >= 4 is 5.91 Å². The zero-order valence-electron chi connectivity index (χ0n) is 15.0. The lowest BCUT2D eigenvalue weighted by Crippen LogP contribution is -2.37. The second-order valence-electron chi connectivity index (χ2n) is 8.77. The lowest BCUT2D eigenvalue weighted by Gasteiger charge is -2.39. The summed E-state index contributed by atoms with van der Waals surface area (Å²) in [7, 11) is 0. The molecule has 1 saturated carbocycles. The van der Waals surface area contributed by atoms with Gasteiger partial charge < -0.3 is 14.5 Å². The first-order valence-corrected chi connectivity index (χ1v) is 8.82. The van der Waals surface area contributed by atoms with E-state index in [1.54, 1.807) is 30.3 Å². The van der Waals surface area contributed by atoms with E-state index in [9.17, 15) is 9.90 Å². The topological polar surface area (TPSA) is 66.6 Å². The van der Waals surface area contributed by atoms with E-state index in [2.05, 4.69) is 25.9 Å². The van der Waals surface area contributed by atoms with Crippen molar-refractivity contribution in [3.8, 4) is 17.1 Å². The molecule has 0 spiro atoms. The number of hydrogen-bond acceptors (Lipinski definition) is 4. The summed E-state index contributed by atoms with van der Waals surface area (Å²) in [5.74, 6) is 0.692. The van der Waals surface area contributed by atoms with E-state index < -0.39 is 0 Å². The summed E-state index contributed by atoms with van der Waals surface area (Å²) in [6, 6.07) is 8.66. The highest BCUT2D eigenvalue weighted by molar-refractivity contribution is 5.93. The Balaban J connectivity index is 1.57. The molecule has 2 fully saturated rings. The van der Waals surface area contributed by atoms with Gasteiger partial charge in [0.1, 0.15) is 5.75 Å². The molecule has 1 amide bonds. The molecule has 1 aromatic carbocycles. The van der Waals surface area contributed by atoms with Crippen LogP contribution in [0.5, 0.6) is 5.75 Å². The average Bonchev–Trinajstić information content (AvgIpc) is 3.09. The summed E-state index contributed by atoms with van der Waals surface area (Å²) in [6.45, 7) is 7.68. The number of nitrogens with zero attached hydrogens (tertiary/aromatic N) is 2. The second kappa shape index (κ2) is 5.35. The van der Waals surface area contributed by atoms with E-state index in [0.29, 0.717) is 11.5 Å². The highest BCUT2D eigenvalue weighted by Crippen LogP contribution is 2.52. The SMILES string of the molecule is CC1(C)C[C@H]2C[C@](C)(CN2C(=O)c2cc(-c3ccc(O)cc3)on2)C1. The zero-order valence-corrected chi connectivity index (χ0v) is 15.0. The number of hydrogen-bond donors (Lipinski definition) is 1. The Bertz CT molecular complexity index is 809. The predicted octanol–water partition coefficient (Wildman–Crippen LogP) is 4.09.